The molecule has 6 rings (SSSR count). The number of aryl methyl sites for hydroxylation is 2. The molecule has 0 bridgehead atoms. The zero-order valence-electron chi connectivity index (χ0n) is 22.3. The standard InChI is InChI=1S/C18H11N.C9H12.3C2H6.CH4/c1-2-5-14-11-17-16(10-13(14)4-1)15-7-3-6-12-8-9-19(17)18(12)15;1-3-9-7-5-4-6-8(9)2;3*1-2;/h1-11H;4-7H,3H2,1-2H3;3*1-2H3;1H4. The van der Waals surface area contributed by atoms with E-state index in [2.05, 4.69) is 109 Å². The van der Waals surface area contributed by atoms with Gasteiger partial charge in [0.25, 0.3) is 0 Å². The first-order valence-corrected chi connectivity index (χ1v) is 12.9. The van der Waals surface area contributed by atoms with Crippen LogP contribution in [0, 0.1) is 6.92 Å². The Morgan fingerprint density at radius 1 is 0.600 bits per heavy atom. The van der Waals surface area contributed by atoms with Gasteiger partial charge in [0.1, 0.15) is 0 Å². The highest BCUT2D eigenvalue weighted by Crippen LogP contribution is 2.34. The van der Waals surface area contributed by atoms with Crippen LogP contribution < -0.4 is 0 Å². The molecule has 1 heteroatoms. The van der Waals surface area contributed by atoms with Gasteiger partial charge in [-0.05, 0) is 53.4 Å². The fourth-order valence-corrected chi connectivity index (χ4v) is 4.26. The van der Waals surface area contributed by atoms with Gasteiger partial charge in [-0.2, -0.15) is 0 Å². The van der Waals surface area contributed by atoms with Crippen LogP contribution in [0.1, 0.15) is 67.0 Å². The Bertz CT molecular complexity index is 1370. The maximum absolute atomic E-state index is 2.31. The van der Waals surface area contributed by atoms with Crippen LogP contribution in [-0.4, -0.2) is 4.40 Å². The first kappa shape index (κ1) is 29.7. The van der Waals surface area contributed by atoms with E-state index in [1.54, 1.807) is 0 Å². The lowest BCUT2D eigenvalue weighted by atomic mass is 10.1. The quantitative estimate of drug-likeness (QED) is 0.226. The highest BCUT2D eigenvalue weighted by molar-refractivity contribution is 6.17. The van der Waals surface area contributed by atoms with Crippen LogP contribution in [0.5, 0.6) is 0 Å². The van der Waals surface area contributed by atoms with E-state index in [0.29, 0.717) is 0 Å². The fourth-order valence-electron chi connectivity index (χ4n) is 4.26. The van der Waals surface area contributed by atoms with Crippen LogP contribution in [0.25, 0.3) is 38.0 Å². The van der Waals surface area contributed by atoms with Gasteiger partial charge in [0.15, 0.2) is 0 Å². The Balaban J connectivity index is 0.000000328. The van der Waals surface area contributed by atoms with E-state index in [0.717, 1.165) is 6.42 Å². The van der Waals surface area contributed by atoms with Gasteiger partial charge in [-0.3, -0.25) is 0 Å². The molecule has 0 fully saturated rings. The molecule has 0 unspecified atom stereocenters. The summed E-state index contributed by atoms with van der Waals surface area (Å²) in [6, 6.07) is 30.4. The van der Waals surface area contributed by atoms with Crippen molar-refractivity contribution in [2.75, 3.05) is 0 Å². The molecule has 0 atom stereocenters. The molecule has 2 aromatic heterocycles. The highest BCUT2D eigenvalue weighted by Gasteiger charge is 2.11. The maximum Gasteiger partial charge on any atom is 0.0607 e. The average molecular weight is 468 g/mol. The van der Waals surface area contributed by atoms with Crippen molar-refractivity contribution >= 4 is 38.0 Å². The van der Waals surface area contributed by atoms with Gasteiger partial charge < -0.3 is 4.40 Å². The zero-order valence-corrected chi connectivity index (χ0v) is 22.3. The Hall–Kier alpha value is -3.32. The van der Waals surface area contributed by atoms with Gasteiger partial charge in [0, 0.05) is 22.4 Å². The van der Waals surface area contributed by atoms with Crippen molar-refractivity contribution in [3.05, 3.63) is 102 Å². The van der Waals surface area contributed by atoms with Crippen molar-refractivity contribution in [3.63, 3.8) is 0 Å². The molecule has 4 aromatic carbocycles. The van der Waals surface area contributed by atoms with Gasteiger partial charge in [0.05, 0.1) is 11.0 Å². The van der Waals surface area contributed by atoms with E-state index in [1.807, 2.05) is 41.5 Å². The molecule has 0 aliphatic heterocycles. The lowest BCUT2D eigenvalue weighted by molar-refractivity contribution is 1.11. The summed E-state index contributed by atoms with van der Waals surface area (Å²) < 4.78 is 2.31. The summed E-state index contributed by atoms with van der Waals surface area (Å²) >= 11 is 0. The molecule has 0 spiro atoms. The molecule has 6 aromatic rings. The van der Waals surface area contributed by atoms with E-state index >= 15 is 0 Å². The highest BCUT2D eigenvalue weighted by atomic mass is 14.9. The first-order chi connectivity index (χ1) is 16.8. The molecule has 0 saturated carbocycles. The summed E-state index contributed by atoms with van der Waals surface area (Å²) in [6.07, 6.45) is 3.32. The molecule has 0 radical (unpaired) electrons. The fraction of sp³-hybridized carbons (Fsp3) is 0.294. The van der Waals surface area contributed by atoms with Crippen molar-refractivity contribution < 1.29 is 0 Å². The SMILES string of the molecule is C.CC.CC.CC.CCc1ccccc1C.c1ccc2cc3c(cc2c1)c1cccc2ccn3c21. The minimum Gasteiger partial charge on any atom is -0.315 e. The van der Waals surface area contributed by atoms with Crippen molar-refractivity contribution in [2.45, 2.75) is 69.2 Å². The maximum atomic E-state index is 2.31. The summed E-state index contributed by atoms with van der Waals surface area (Å²) in [4.78, 5) is 0. The second kappa shape index (κ2) is 14.8. The van der Waals surface area contributed by atoms with Crippen LogP contribution >= 0.6 is 0 Å². The zero-order chi connectivity index (χ0) is 25.1. The molecule has 186 valence electrons. The van der Waals surface area contributed by atoms with E-state index < -0.39 is 0 Å². The monoisotopic (exact) mass is 467 g/mol. The molecule has 2 heterocycles. The number of nitrogens with zero attached hydrogens (tertiary/aromatic N) is 1. The van der Waals surface area contributed by atoms with Crippen LogP contribution in [0.3, 0.4) is 0 Å². The number of hydrogen-bond acceptors (Lipinski definition) is 0. The molecule has 35 heavy (non-hydrogen) atoms. The molecule has 1 nitrogen and oxygen atoms in total. The average Bonchev–Trinajstić information content (AvgIpc) is 3.49. The molecule has 0 N–H and O–H groups in total. The molecular weight excluding hydrogens is 422 g/mol. The summed E-state index contributed by atoms with van der Waals surface area (Å²) in [7, 11) is 0. The molecule has 0 saturated heterocycles. The number of hydrogen-bond donors (Lipinski definition) is 0. The predicted molar refractivity (Wildman–Crippen MR) is 162 cm³/mol. The number of rotatable bonds is 1. The summed E-state index contributed by atoms with van der Waals surface area (Å²) in [5.41, 5.74) is 5.50. The van der Waals surface area contributed by atoms with Crippen molar-refractivity contribution in [2.24, 2.45) is 0 Å². The smallest absolute Gasteiger partial charge is 0.0607 e. The minimum absolute atomic E-state index is 0. The summed E-state index contributed by atoms with van der Waals surface area (Å²) in [5, 5.41) is 6.63. The van der Waals surface area contributed by atoms with Crippen molar-refractivity contribution in [1.29, 1.82) is 0 Å². The molecule has 0 amide bonds. The van der Waals surface area contributed by atoms with Crippen LogP contribution in [0.4, 0.5) is 0 Å². The number of benzene rings is 4. The second-order valence-electron chi connectivity index (χ2n) is 7.43. The Labute approximate surface area is 213 Å². The first-order valence-electron chi connectivity index (χ1n) is 12.9. The predicted octanol–water partition coefficient (Wildman–Crippen LogP) is 11.1. The van der Waals surface area contributed by atoms with Gasteiger partial charge in [0.2, 0.25) is 0 Å². The topological polar surface area (TPSA) is 4.41 Å². The number of fused-ring (bicyclic) bond motifs is 4. The third kappa shape index (κ3) is 6.22. The van der Waals surface area contributed by atoms with Crippen molar-refractivity contribution in [3.8, 4) is 0 Å². The molecule has 0 aliphatic rings. The lowest BCUT2D eigenvalue weighted by Crippen LogP contribution is -1.82. The lowest BCUT2D eigenvalue weighted by Gasteiger charge is -1.99. The van der Waals surface area contributed by atoms with E-state index in [9.17, 15) is 0 Å². The Morgan fingerprint density at radius 2 is 1.17 bits per heavy atom. The minimum atomic E-state index is 0. The summed E-state index contributed by atoms with van der Waals surface area (Å²) in [5.74, 6) is 0. The molecule has 0 aliphatic carbocycles. The van der Waals surface area contributed by atoms with Crippen molar-refractivity contribution in [1.82, 2.24) is 4.40 Å². The van der Waals surface area contributed by atoms with Gasteiger partial charge in [-0.25, -0.2) is 0 Å². The summed E-state index contributed by atoms with van der Waals surface area (Å²) in [6.45, 7) is 16.3. The molecular formula is C34H45N. The van der Waals surface area contributed by atoms with Crippen LogP contribution in [-0.2, 0) is 6.42 Å². The van der Waals surface area contributed by atoms with Crippen LogP contribution in [0.2, 0.25) is 0 Å². The van der Waals surface area contributed by atoms with Gasteiger partial charge in [-0.1, -0.05) is 123 Å². The Kier molecular flexibility index (Phi) is 12.6. The number of para-hydroxylation sites is 1. The van der Waals surface area contributed by atoms with E-state index in [-0.39, 0.29) is 7.43 Å². The van der Waals surface area contributed by atoms with Gasteiger partial charge >= 0.3 is 0 Å². The second-order valence-corrected chi connectivity index (χ2v) is 7.43. The normalized spacial score (nSPS) is 9.60. The van der Waals surface area contributed by atoms with E-state index in [4.69, 9.17) is 0 Å². The van der Waals surface area contributed by atoms with Gasteiger partial charge in [-0.15, -0.1) is 0 Å². The third-order valence-corrected chi connectivity index (χ3v) is 5.77. The largest absolute Gasteiger partial charge is 0.315 e. The third-order valence-electron chi connectivity index (χ3n) is 5.77. The Morgan fingerprint density at radius 3 is 1.77 bits per heavy atom. The number of aromatic nitrogens is 1. The van der Waals surface area contributed by atoms with Crippen LogP contribution in [0.15, 0.2) is 91.1 Å². The van der Waals surface area contributed by atoms with E-state index in [1.165, 1.54) is 49.1 Å².